The number of anilines is 1. The maximum Gasteiger partial charge on any atom is 0.220 e. The molecule has 0 radical (unpaired) electrons. The van der Waals surface area contributed by atoms with Gasteiger partial charge in [0.15, 0.2) is 11.5 Å². The van der Waals surface area contributed by atoms with Crippen LogP contribution >= 0.6 is 11.6 Å². The van der Waals surface area contributed by atoms with Gasteiger partial charge in [0, 0.05) is 17.7 Å². The number of para-hydroxylation sites is 2. The Morgan fingerprint density at radius 2 is 1.77 bits per heavy atom. The third-order valence-corrected chi connectivity index (χ3v) is 7.22. The average molecular weight is 551 g/mol. The van der Waals surface area contributed by atoms with Crippen molar-refractivity contribution >= 4 is 34.2 Å². The zero-order chi connectivity index (χ0) is 27.9. The fourth-order valence-electron chi connectivity index (χ4n) is 4.74. The number of aromatic nitrogens is 2. The number of amides is 1. The Balaban J connectivity index is 1.40. The number of benzene rings is 3. The molecule has 0 aliphatic heterocycles. The Morgan fingerprint density at radius 1 is 1.03 bits per heavy atom. The number of nitrogens with two attached hydrogens (primary N) is 1. The van der Waals surface area contributed by atoms with Crippen LogP contribution in [-0.4, -0.2) is 36.8 Å². The van der Waals surface area contributed by atoms with Crippen molar-refractivity contribution in [2.45, 2.75) is 39.3 Å². The molecule has 0 bridgehead atoms. The molecule has 4 aromatic rings. The monoisotopic (exact) mass is 550 g/mol. The van der Waals surface area contributed by atoms with Crippen molar-refractivity contribution in [1.82, 2.24) is 14.9 Å². The number of carbonyl (C=O) groups is 1. The van der Waals surface area contributed by atoms with Gasteiger partial charge in [0.2, 0.25) is 5.91 Å². The molecule has 0 aliphatic carbocycles. The van der Waals surface area contributed by atoms with Gasteiger partial charge >= 0.3 is 0 Å². The fraction of sp³-hybridized carbons (Fsp3) is 0.333. The van der Waals surface area contributed by atoms with Crippen molar-refractivity contribution in [2.24, 2.45) is 5.92 Å². The van der Waals surface area contributed by atoms with Crippen LogP contribution in [0.5, 0.6) is 17.2 Å². The zero-order valence-corrected chi connectivity index (χ0v) is 23.5. The number of rotatable bonds is 12. The molecular weight excluding hydrogens is 516 g/mol. The molecule has 4 rings (SSSR count). The van der Waals surface area contributed by atoms with Gasteiger partial charge < -0.3 is 29.8 Å². The Hall–Kier alpha value is -3.91. The number of ether oxygens (including phenoxy) is 3. The number of halogens is 1. The molecule has 3 aromatic carbocycles. The van der Waals surface area contributed by atoms with Gasteiger partial charge in [-0.1, -0.05) is 36.7 Å². The lowest BCUT2D eigenvalue weighted by atomic mass is 9.96. The predicted octanol–water partition coefficient (Wildman–Crippen LogP) is 5.62. The second-order valence-electron chi connectivity index (χ2n) is 9.57. The highest BCUT2D eigenvalue weighted by molar-refractivity contribution is 6.33. The maximum atomic E-state index is 12.8. The predicted molar refractivity (Wildman–Crippen MR) is 155 cm³/mol. The summed E-state index contributed by atoms with van der Waals surface area (Å²) >= 11 is 6.54. The molecule has 1 unspecified atom stereocenters. The largest absolute Gasteiger partial charge is 0.496 e. The van der Waals surface area contributed by atoms with E-state index in [9.17, 15) is 4.79 Å². The number of nitrogens with one attached hydrogen (secondary N) is 1. The fourth-order valence-corrected chi connectivity index (χ4v) is 5.05. The number of hydrogen-bond donors (Lipinski definition) is 2. The smallest absolute Gasteiger partial charge is 0.220 e. The Kier molecular flexibility index (Phi) is 9.19. The summed E-state index contributed by atoms with van der Waals surface area (Å²) in [6, 6.07) is 17.3. The lowest BCUT2D eigenvalue weighted by Crippen LogP contribution is -2.25. The molecule has 206 valence electrons. The molecule has 3 N–H and O–H groups in total. The SMILES string of the molecule is COc1ccc(N)cc1Cn1c(CNC(=O)CCC(C)Cc2ccc(OC)c(OC)c2Cl)nc2ccccc21. The van der Waals surface area contributed by atoms with Gasteiger partial charge in [-0.2, -0.15) is 0 Å². The van der Waals surface area contributed by atoms with Crippen LogP contribution in [0.15, 0.2) is 54.6 Å². The molecule has 0 saturated carbocycles. The number of nitrogens with zero attached hydrogens (tertiary/aromatic N) is 2. The number of methoxy groups -OCH3 is 3. The Morgan fingerprint density at radius 3 is 2.51 bits per heavy atom. The molecule has 1 atom stereocenters. The van der Waals surface area contributed by atoms with E-state index in [0.717, 1.165) is 40.2 Å². The van der Waals surface area contributed by atoms with E-state index in [1.54, 1.807) is 21.3 Å². The van der Waals surface area contributed by atoms with Crippen LogP contribution in [-0.2, 0) is 24.3 Å². The van der Waals surface area contributed by atoms with Crippen LogP contribution in [0.1, 0.15) is 36.7 Å². The third kappa shape index (κ3) is 6.57. The van der Waals surface area contributed by atoms with Gasteiger partial charge in [0.1, 0.15) is 11.6 Å². The highest BCUT2D eigenvalue weighted by atomic mass is 35.5. The number of fused-ring (bicyclic) bond motifs is 1. The van der Waals surface area contributed by atoms with Crippen LogP contribution in [0.25, 0.3) is 11.0 Å². The summed E-state index contributed by atoms with van der Waals surface area (Å²) in [5.41, 5.74) is 10.5. The maximum absolute atomic E-state index is 12.8. The molecule has 0 saturated heterocycles. The first-order valence-corrected chi connectivity index (χ1v) is 13.2. The standard InChI is InChI=1S/C30H35ClN4O4/c1-19(15-20-10-12-26(38-3)30(39-4)29(20)31)9-14-28(36)33-17-27-34-23-7-5-6-8-24(23)35(27)18-21-16-22(32)11-13-25(21)37-2/h5-8,10-13,16,19H,9,14-15,17-18,32H2,1-4H3,(H,33,36). The molecule has 1 amide bonds. The summed E-state index contributed by atoms with van der Waals surface area (Å²) in [7, 11) is 4.79. The second-order valence-corrected chi connectivity index (χ2v) is 9.95. The third-order valence-electron chi connectivity index (χ3n) is 6.81. The normalized spacial score (nSPS) is 11.8. The summed E-state index contributed by atoms with van der Waals surface area (Å²) in [4.78, 5) is 17.6. The molecular formula is C30H35ClN4O4. The van der Waals surface area contributed by atoms with Crippen molar-refractivity contribution in [3.63, 3.8) is 0 Å². The lowest BCUT2D eigenvalue weighted by molar-refractivity contribution is -0.121. The van der Waals surface area contributed by atoms with Crippen LogP contribution in [0.2, 0.25) is 5.02 Å². The first kappa shape index (κ1) is 28.1. The van der Waals surface area contributed by atoms with Gasteiger partial charge in [-0.25, -0.2) is 4.98 Å². The summed E-state index contributed by atoms with van der Waals surface area (Å²) in [5, 5.41) is 3.59. The Bertz CT molecular complexity index is 1450. The van der Waals surface area contributed by atoms with E-state index in [2.05, 4.69) is 16.8 Å². The van der Waals surface area contributed by atoms with Crippen molar-refractivity contribution < 1.29 is 19.0 Å². The number of imidazole rings is 1. The van der Waals surface area contributed by atoms with E-state index in [-0.39, 0.29) is 11.8 Å². The van der Waals surface area contributed by atoms with Crippen molar-refractivity contribution in [3.8, 4) is 17.2 Å². The van der Waals surface area contributed by atoms with Crippen LogP contribution in [0.3, 0.4) is 0 Å². The van der Waals surface area contributed by atoms with Gasteiger partial charge in [-0.05, 0) is 60.7 Å². The Labute approximate surface area is 234 Å². The van der Waals surface area contributed by atoms with Crippen LogP contribution in [0, 0.1) is 5.92 Å². The first-order chi connectivity index (χ1) is 18.8. The molecule has 1 heterocycles. The molecule has 0 fully saturated rings. The van der Waals surface area contributed by atoms with E-state index >= 15 is 0 Å². The highest BCUT2D eigenvalue weighted by Gasteiger charge is 2.17. The summed E-state index contributed by atoms with van der Waals surface area (Å²) in [6.07, 6.45) is 1.84. The molecule has 1 aromatic heterocycles. The van der Waals surface area contributed by atoms with Gasteiger partial charge in [0.25, 0.3) is 0 Å². The minimum absolute atomic E-state index is 0.0274. The average Bonchev–Trinajstić information content (AvgIpc) is 3.29. The molecule has 0 aliphatic rings. The topological polar surface area (TPSA) is 101 Å². The first-order valence-electron chi connectivity index (χ1n) is 12.9. The lowest BCUT2D eigenvalue weighted by Gasteiger charge is -2.16. The minimum atomic E-state index is -0.0274. The number of nitrogen functional groups attached to an aromatic ring is 1. The molecule has 9 heteroatoms. The van der Waals surface area contributed by atoms with Crippen molar-refractivity contribution in [1.29, 1.82) is 0 Å². The molecule has 8 nitrogen and oxygen atoms in total. The summed E-state index contributed by atoms with van der Waals surface area (Å²) in [5.74, 6) is 2.85. The van der Waals surface area contributed by atoms with E-state index in [4.69, 9.17) is 36.5 Å². The highest BCUT2D eigenvalue weighted by Crippen LogP contribution is 2.38. The van der Waals surface area contributed by atoms with E-state index in [0.29, 0.717) is 48.1 Å². The number of hydrogen-bond acceptors (Lipinski definition) is 6. The van der Waals surface area contributed by atoms with E-state index < -0.39 is 0 Å². The van der Waals surface area contributed by atoms with E-state index in [1.807, 2.05) is 54.6 Å². The van der Waals surface area contributed by atoms with Gasteiger partial charge in [-0.15, -0.1) is 0 Å². The minimum Gasteiger partial charge on any atom is -0.496 e. The second kappa shape index (κ2) is 12.8. The summed E-state index contributed by atoms with van der Waals surface area (Å²) < 4.78 is 18.4. The van der Waals surface area contributed by atoms with Crippen molar-refractivity contribution in [2.75, 3.05) is 27.1 Å². The van der Waals surface area contributed by atoms with Gasteiger partial charge in [-0.3, -0.25) is 4.79 Å². The molecule has 0 spiro atoms. The molecule has 39 heavy (non-hydrogen) atoms. The van der Waals surface area contributed by atoms with Crippen molar-refractivity contribution in [3.05, 3.63) is 76.6 Å². The van der Waals surface area contributed by atoms with Gasteiger partial charge in [0.05, 0.1) is 50.5 Å². The zero-order valence-electron chi connectivity index (χ0n) is 22.8. The quantitative estimate of drug-likeness (QED) is 0.222. The van der Waals surface area contributed by atoms with Crippen LogP contribution < -0.4 is 25.3 Å². The van der Waals surface area contributed by atoms with E-state index in [1.165, 1.54) is 0 Å². The number of carbonyl (C=O) groups excluding carboxylic acids is 1. The summed E-state index contributed by atoms with van der Waals surface area (Å²) in [6.45, 7) is 2.94. The van der Waals surface area contributed by atoms with Crippen LogP contribution in [0.4, 0.5) is 5.69 Å².